The molecule has 0 aromatic heterocycles. The van der Waals surface area contributed by atoms with Crippen LogP contribution in [0.5, 0.6) is 0 Å². The van der Waals surface area contributed by atoms with Crippen molar-refractivity contribution in [1.82, 2.24) is 0 Å². The SMILES string of the molecule is CCOC(=O)C(CC(=O)[O-])C(=O)[O-]. The molecule has 0 N–H and O–H groups in total. The van der Waals surface area contributed by atoms with Gasteiger partial charge in [-0.25, -0.2) is 0 Å². The van der Waals surface area contributed by atoms with Crippen LogP contribution in [0.3, 0.4) is 0 Å². The van der Waals surface area contributed by atoms with Gasteiger partial charge in [0.1, 0.15) is 5.92 Å². The minimum absolute atomic E-state index is 0.0182. The Labute approximate surface area is 74.1 Å². The third kappa shape index (κ3) is 4.09. The number of hydrogen-bond acceptors (Lipinski definition) is 6. The molecule has 0 saturated carbocycles. The Morgan fingerprint density at radius 2 is 1.85 bits per heavy atom. The summed E-state index contributed by atoms with van der Waals surface area (Å²) < 4.78 is 4.32. The van der Waals surface area contributed by atoms with E-state index in [9.17, 15) is 24.6 Å². The number of ether oxygens (including phenoxy) is 1. The van der Waals surface area contributed by atoms with Gasteiger partial charge < -0.3 is 24.5 Å². The molecule has 0 aliphatic rings. The Hall–Kier alpha value is -1.59. The van der Waals surface area contributed by atoms with E-state index in [-0.39, 0.29) is 6.61 Å². The molecule has 1 atom stereocenters. The molecule has 1 unspecified atom stereocenters. The molecule has 0 aliphatic heterocycles. The van der Waals surface area contributed by atoms with Crippen LogP contribution in [-0.4, -0.2) is 24.5 Å². The number of carboxylic acid groups (broad SMARTS) is 2. The van der Waals surface area contributed by atoms with Crippen molar-refractivity contribution >= 4 is 17.9 Å². The second kappa shape index (κ2) is 5.13. The molecule has 0 bridgehead atoms. The van der Waals surface area contributed by atoms with Gasteiger partial charge in [0.05, 0.1) is 12.6 Å². The molecule has 0 rings (SSSR count). The summed E-state index contributed by atoms with van der Waals surface area (Å²) in [6.07, 6.45) is -0.929. The molecule has 6 nitrogen and oxygen atoms in total. The predicted molar refractivity (Wildman–Crippen MR) is 34.8 cm³/mol. The van der Waals surface area contributed by atoms with Gasteiger partial charge in [-0.3, -0.25) is 4.79 Å². The Bertz CT molecular complexity index is 221. The summed E-state index contributed by atoms with van der Waals surface area (Å²) in [7, 11) is 0. The second-order valence-corrected chi connectivity index (χ2v) is 2.20. The molecule has 6 heteroatoms. The molecular formula is C7H8O6-2. The number of esters is 1. The van der Waals surface area contributed by atoms with Gasteiger partial charge in [0, 0.05) is 12.4 Å². The fraction of sp³-hybridized carbons (Fsp3) is 0.571. The Balaban J connectivity index is 4.32. The van der Waals surface area contributed by atoms with E-state index in [2.05, 4.69) is 4.74 Å². The lowest BCUT2D eigenvalue weighted by Gasteiger charge is -2.16. The number of aliphatic carboxylic acids is 2. The van der Waals surface area contributed by atoms with Crippen molar-refractivity contribution in [3.63, 3.8) is 0 Å². The average Bonchev–Trinajstić information content (AvgIpc) is 1.99. The third-order valence-corrected chi connectivity index (χ3v) is 1.23. The van der Waals surface area contributed by atoms with E-state index in [1.807, 2.05) is 0 Å². The largest absolute Gasteiger partial charge is 0.550 e. The van der Waals surface area contributed by atoms with Crippen LogP contribution in [0.2, 0.25) is 0 Å². The van der Waals surface area contributed by atoms with Crippen molar-refractivity contribution in [2.24, 2.45) is 5.92 Å². The lowest BCUT2D eigenvalue weighted by Crippen LogP contribution is -2.41. The molecule has 0 radical (unpaired) electrons. The van der Waals surface area contributed by atoms with Gasteiger partial charge in [-0.05, 0) is 6.92 Å². The molecule has 13 heavy (non-hydrogen) atoms. The van der Waals surface area contributed by atoms with Gasteiger partial charge in [-0.2, -0.15) is 0 Å². The first-order valence-corrected chi connectivity index (χ1v) is 3.56. The predicted octanol–water partition coefficient (Wildman–Crippen LogP) is -2.94. The molecule has 0 aromatic rings. The highest BCUT2D eigenvalue weighted by molar-refractivity contribution is 5.95. The van der Waals surface area contributed by atoms with Crippen LogP contribution in [0.15, 0.2) is 0 Å². The minimum atomic E-state index is -1.79. The molecule has 0 fully saturated rings. The maximum atomic E-state index is 10.8. The Morgan fingerprint density at radius 1 is 1.31 bits per heavy atom. The summed E-state index contributed by atoms with van der Waals surface area (Å²) >= 11 is 0. The molecule has 0 saturated heterocycles. The van der Waals surface area contributed by atoms with Crippen LogP contribution in [0.1, 0.15) is 13.3 Å². The fourth-order valence-electron chi connectivity index (χ4n) is 0.672. The van der Waals surface area contributed by atoms with Gasteiger partial charge in [-0.1, -0.05) is 0 Å². The monoisotopic (exact) mass is 188 g/mol. The lowest BCUT2D eigenvalue weighted by molar-refractivity contribution is -0.320. The minimum Gasteiger partial charge on any atom is -0.550 e. The Morgan fingerprint density at radius 3 is 2.15 bits per heavy atom. The number of rotatable bonds is 5. The van der Waals surface area contributed by atoms with Crippen LogP contribution < -0.4 is 10.2 Å². The first-order chi connectivity index (χ1) is 5.99. The highest BCUT2D eigenvalue weighted by atomic mass is 16.5. The molecule has 0 aliphatic carbocycles. The topological polar surface area (TPSA) is 107 Å². The van der Waals surface area contributed by atoms with E-state index in [1.165, 1.54) is 6.92 Å². The summed E-state index contributed by atoms with van der Waals surface area (Å²) in [5, 5.41) is 20.3. The molecule has 0 spiro atoms. The van der Waals surface area contributed by atoms with Crippen LogP contribution in [-0.2, 0) is 19.1 Å². The molecule has 0 amide bonds. The van der Waals surface area contributed by atoms with Crippen molar-refractivity contribution in [2.45, 2.75) is 13.3 Å². The summed E-state index contributed by atoms with van der Waals surface area (Å²) in [4.78, 5) is 31.0. The normalized spacial score (nSPS) is 11.8. The van der Waals surface area contributed by atoms with Gasteiger partial charge >= 0.3 is 5.97 Å². The van der Waals surface area contributed by atoms with Gasteiger partial charge in [-0.15, -0.1) is 0 Å². The number of carbonyl (C=O) groups excluding carboxylic acids is 3. The number of carboxylic acids is 2. The molecule has 0 heterocycles. The summed E-state index contributed by atoms with van der Waals surface area (Å²) in [5.41, 5.74) is 0. The van der Waals surface area contributed by atoms with Gasteiger partial charge in [0.15, 0.2) is 0 Å². The molecule has 0 aromatic carbocycles. The third-order valence-electron chi connectivity index (χ3n) is 1.23. The Kier molecular flexibility index (Phi) is 4.50. The van der Waals surface area contributed by atoms with Crippen LogP contribution in [0, 0.1) is 5.92 Å². The fourth-order valence-corrected chi connectivity index (χ4v) is 0.672. The van der Waals surface area contributed by atoms with E-state index in [0.29, 0.717) is 0 Å². The zero-order chi connectivity index (χ0) is 10.4. The van der Waals surface area contributed by atoms with Crippen LogP contribution in [0.4, 0.5) is 0 Å². The van der Waals surface area contributed by atoms with E-state index < -0.39 is 30.2 Å². The summed E-state index contributed by atoms with van der Waals surface area (Å²) in [6.45, 7) is 1.46. The van der Waals surface area contributed by atoms with Crippen molar-refractivity contribution in [3.8, 4) is 0 Å². The van der Waals surface area contributed by atoms with Crippen LogP contribution >= 0.6 is 0 Å². The van der Waals surface area contributed by atoms with Crippen molar-refractivity contribution in [3.05, 3.63) is 0 Å². The van der Waals surface area contributed by atoms with Crippen molar-refractivity contribution in [1.29, 1.82) is 0 Å². The highest BCUT2D eigenvalue weighted by Gasteiger charge is 2.20. The van der Waals surface area contributed by atoms with E-state index in [1.54, 1.807) is 0 Å². The highest BCUT2D eigenvalue weighted by Crippen LogP contribution is 2.03. The lowest BCUT2D eigenvalue weighted by atomic mass is 10.1. The quantitative estimate of drug-likeness (QED) is 0.337. The molecular weight excluding hydrogens is 180 g/mol. The number of carbonyl (C=O) groups is 3. The van der Waals surface area contributed by atoms with E-state index >= 15 is 0 Å². The first kappa shape index (κ1) is 11.4. The maximum absolute atomic E-state index is 10.8. The second-order valence-electron chi connectivity index (χ2n) is 2.20. The van der Waals surface area contributed by atoms with E-state index in [4.69, 9.17) is 0 Å². The maximum Gasteiger partial charge on any atom is 0.315 e. The average molecular weight is 188 g/mol. The zero-order valence-electron chi connectivity index (χ0n) is 6.94. The van der Waals surface area contributed by atoms with Gasteiger partial charge in [0.25, 0.3) is 0 Å². The smallest absolute Gasteiger partial charge is 0.315 e. The summed E-state index contributed by atoms with van der Waals surface area (Å²) in [5.74, 6) is -6.32. The van der Waals surface area contributed by atoms with Crippen molar-refractivity contribution < 1.29 is 29.3 Å². The van der Waals surface area contributed by atoms with Gasteiger partial charge in [0.2, 0.25) is 0 Å². The number of hydrogen-bond donors (Lipinski definition) is 0. The van der Waals surface area contributed by atoms with Crippen LogP contribution in [0.25, 0.3) is 0 Å². The zero-order valence-corrected chi connectivity index (χ0v) is 6.94. The standard InChI is InChI=1S/C7H10O6/c1-2-13-7(12)4(6(10)11)3-5(8)9/h4H,2-3H2,1H3,(H,8,9)(H,10,11)/p-2. The molecule has 74 valence electrons. The first-order valence-electron chi connectivity index (χ1n) is 3.56. The van der Waals surface area contributed by atoms with Crippen molar-refractivity contribution in [2.75, 3.05) is 6.61 Å². The van der Waals surface area contributed by atoms with E-state index in [0.717, 1.165) is 0 Å². The summed E-state index contributed by atoms with van der Waals surface area (Å²) in [6, 6.07) is 0.